The molecule has 0 radical (unpaired) electrons. The van der Waals surface area contributed by atoms with Crippen LogP contribution in [0.1, 0.15) is 24.8 Å². The molecule has 1 aliphatic heterocycles. The van der Waals surface area contributed by atoms with Crippen molar-refractivity contribution in [3.05, 3.63) is 29.8 Å². The number of hydrogen-bond donors (Lipinski definition) is 2. The Bertz CT molecular complexity index is 351. The molecule has 1 aromatic carbocycles. The smallest absolute Gasteiger partial charge is 0.0364 e. The predicted molar refractivity (Wildman–Crippen MR) is 68.2 cm³/mol. The molecule has 0 bridgehead atoms. The second kappa shape index (κ2) is 4.40. The Hall–Kier alpha value is -0.510. The largest absolute Gasteiger partial charge is 0.271 e. The van der Waals surface area contributed by atoms with E-state index in [2.05, 4.69) is 29.7 Å². The molecule has 3 heteroatoms. The third kappa shape index (κ3) is 1.77. The quantitative estimate of drug-likeness (QED) is 0.623. The predicted octanol–water partition coefficient (Wildman–Crippen LogP) is 2.34. The van der Waals surface area contributed by atoms with E-state index in [1.54, 1.807) is 0 Å². The molecule has 3 rings (SSSR count). The second-order valence-corrected chi connectivity index (χ2v) is 6.13. The van der Waals surface area contributed by atoms with Crippen molar-refractivity contribution in [1.29, 1.82) is 0 Å². The number of nitrogens with one attached hydrogen (secondary N) is 1. The summed E-state index contributed by atoms with van der Waals surface area (Å²) in [5, 5.41) is 0.632. The standard InChI is InChI=1S/C13H18N2S/c14-15-13(9-5-3-6-9)12-8-10-4-1-2-7-11(10)16-12/h1-2,4,7,9,12-13,15H,3,5-6,8,14H2. The van der Waals surface area contributed by atoms with Crippen molar-refractivity contribution in [3.8, 4) is 0 Å². The van der Waals surface area contributed by atoms with Gasteiger partial charge in [-0.25, -0.2) is 0 Å². The molecule has 86 valence electrons. The van der Waals surface area contributed by atoms with E-state index in [0.717, 1.165) is 5.92 Å². The number of fused-ring (bicyclic) bond motifs is 1. The fourth-order valence-electron chi connectivity index (χ4n) is 2.76. The molecule has 0 aromatic heterocycles. The molecule has 1 aromatic rings. The van der Waals surface area contributed by atoms with Gasteiger partial charge in [0.25, 0.3) is 0 Å². The minimum absolute atomic E-state index is 0.492. The lowest BCUT2D eigenvalue weighted by Gasteiger charge is -2.36. The van der Waals surface area contributed by atoms with Crippen LogP contribution in [0.5, 0.6) is 0 Å². The number of nitrogens with two attached hydrogens (primary N) is 1. The Kier molecular flexibility index (Phi) is 2.92. The third-order valence-electron chi connectivity index (χ3n) is 3.92. The number of rotatable bonds is 3. The minimum Gasteiger partial charge on any atom is -0.271 e. The van der Waals surface area contributed by atoms with Crippen LogP contribution in [0.4, 0.5) is 0 Å². The molecular formula is C13H18N2S. The Morgan fingerprint density at radius 2 is 2.12 bits per heavy atom. The summed E-state index contributed by atoms with van der Waals surface area (Å²) in [6, 6.07) is 9.23. The summed E-state index contributed by atoms with van der Waals surface area (Å²) in [5.74, 6) is 6.54. The van der Waals surface area contributed by atoms with Crippen LogP contribution in [0.2, 0.25) is 0 Å². The molecule has 0 spiro atoms. The van der Waals surface area contributed by atoms with Gasteiger partial charge in [0.1, 0.15) is 0 Å². The lowest BCUT2D eigenvalue weighted by atomic mass is 9.78. The summed E-state index contributed by atoms with van der Waals surface area (Å²) >= 11 is 2.00. The molecule has 1 fully saturated rings. The highest BCUT2D eigenvalue weighted by molar-refractivity contribution is 8.00. The third-order valence-corrected chi connectivity index (χ3v) is 5.34. The average molecular weight is 234 g/mol. The summed E-state index contributed by atoms with van der Waals surface area (Å²) in [7, 11) is 0. The van der Waals surface area contributed by atoms with Gasteiger partial charge in [0, 0.05) is 16.2 Å². The summed E-state index contributed by atoms with van der Waals surface area (Å²) < 4.78 is 0. The van der Waals surface area contributed by atoms with Crippen LogP contribution >= 0.6 is 11.8 Å². The molecule has 16 heavy (non-hydrogen) atoms. The zero-order chi connectivity index (χ0) is 11.0. The average Bonchev–Trinajstić information content (AvgIpc) is 2.66. The summed E-state index contributed by atoms with van der Waals surface area (Å²) in [6.45, 7) is 0. The van der Waals surface area contributed by atoms with Gasteiger partial charge >= 0.3 is 0 Å². The number of hydrogen-bond acceptors (Lipinski definition) is 3. The Morgan fingerprint density at radius 1 is 1.31 bits per heavy atom. The van der Waals surface area contributed by atoms with Gasteiger partial charge in [-0.3, -0.25) is 11.3 Å². The highest BCUT2D eigenvalue weighted by Crippen LogP contribution is 2.42. The van der Waals surface area contributed by atoms with Crippen molar-refractivity contribution in [3.63, 3.8) is 0 Å². The molecule has 1 saturated carbocycles. The van der Waals surface area contributed by atoms with Gasteiger partial charge in [0.2, 0.25) is 0 Å². The molecular weight excluding hydrogens is 216 g/mol. The Balaban J connectivity index is 1.74. The van der Waals surface area contributed by atoms with Gasteiger partial charge in [0.05, 0.1) is 0 Å². The first kappa shape index (κ1) is 10.6. The first-order valence-electron chi connectivity index (χ1n) is 6.09. The van der Waals surface area contributed by atoms with E-state index in [1.165, 1.54) is 36.1 Å². The first-order valence-corrected chi connectivity index (χ1v) is 6.97. The van der Waals surface area contributed by atoms with Gasteiger partial charge in [0.15, 0.2) is 0 Å². The molecule has 0 saturated heterocycles. The van der Waals surface area contributed by atoms with Crippen molar-refractivity contribution in [1.82, 2.24) is 5.43 Å². The van der Waals surface area contributed by atoms with Crippen molar-refractivity contribution < 1.29 is 0 Å². The summed E-state index contributed by atoms with van der Waals surface area (Å²) in [4.78, 5) is 1.45. The number of thioether (sulfide) groups is 1. The molecule has 2 unspecified atom stereocenters. The van der Waals surface area contributed by atoms with Gasteiger partial charge in [-0.2, -0.15) is 0 Å². The Morgan fingerprint density at radius 3 is 2.75 bits per heavy atom. The summed E-state index contributed by atoms with van der Waals surface area (Å²) in [6.07, 6.45) is 5.25. The molecule has 2 atom stereocenters. The van der Waals surface area contributed by atoms with Crippen LogP contribution in [-0.4, -0.2) is 11.3 Å². The van der Waals surface area contributed by atoms with E-state index in [4.69, 9.17) is 5.84 Å². The van der Waals surface area contributed by atoms with E-state index >= 15 is 0 Å². The van der Waals surface area contributed by atoms with Crippen molar-refractivity contribution >= 4 is 11.8 Å². The van der Waals surface area contributed by atoms with E-state index in [0.29, 0.717) is 11.3 Å². The van der Waals surface area contributed by atoms with Crippen molar-refractivity contribution in [2.24, 2.45) is 11.8 Å². The van der Waals surface area contributed by atoms with E-state index < -0.39 is 0 Å². The van der Waals surface area contributed by atoms with Gasteiger partial charge in [-0.15, -0.1) is 11.8 Å². The van der Waals surface area contributed by atoms with Crippen LogP contribution in [0.25, 0.3) is 0 Å². The first-order chi connectivity index (χ1) is 7.88. The number of benzene rings is 1. The van der Waals surface area contributed by atoms with E-state index in [1.807, 2.05) is 11.8 Å². The summed E-state index contributed by atoms with van der Waals surface area (Å²) in [5.41, 5.74) is 4.56. The molecule has 1 aliphatic carbocycles. The van der Waals surface area contributed by atoms with Crippen LogP contribution in [-0.2, 0) is 6.42 Å². The maximum absolute atomic E-state index is 5.73. The van der Waals surface area contributed by atoms with Gasteiger partial charge < -0.3 is 0 Å². The minimum atomic E-state index is 0.492. The molecule has 0 amide bonds. The fourth-order valence-corrected chi connectivity index (χ4v) is 4.25. The zero-order valence-corrected chi connectivity index (χ0v) is 10.2. The van der Waals surface area contributed by atoms with Crippen molar-refractivity contribution in [2.45, 2.75) is 41.9 Å². The maximum Gasteiger partial charge on any atom is 0.0364 e. The lowest BCUT2D eigenvalue weighted by Crippen LogP contribution is -2.49. The van der Waals surface area contributed by atoms with E-state index in [-0.39, 0.29) is 0 Å². The SMILES string of the molecule is NNC(C1CCC1)C1Cc2ccccc2S1. The van der Waals surface area contributed by atoms with Crippen LogP contribution in [0.3, 0.4) is 0 Å². The molecule has 2 nitrogen and oxygen atoms in total. The number of hydrazine groups is 1. The zero-order valence-electron chi connectivity index (χ0n) is 9.36. The monoisotopic (exact) mass is 234 g/mol. The van der Waals surface area contributed by atoms with Crippen LogP contribution < -0.4 is 11.3 Å². The highest BCUT2D eigenvalue weighted by Gasteiger charge is 2.36. The highest BCUT2D eigenvalue weighted by atomic mass is 32.2. The Labute approximate surface area is 101 Å². The van der Waals surface area contributed by atoms with Crippen molar-refractivity contribution in [2.75, 3.05) is 0 Å². The molecule has 2 aliphatic rings. The topological polar surface area (TPSA) is 38.0 Å². The second-order valence-electron chi connectivity index (χ2n) is 4.85. The van der Waals surface area contributed by atoms with Gasteiger partial charge in [-0.05, 0) is 36.8 Å². The van der Waals surface area contributed by atoms with E-state index in [9.17, 15) is 0 Å². The molecule has 3 N–H and O–H groups in total. The van der Waals surface area contributed by atoms with Gasteiger partial charge in [-0.1, -0.05) is 24.6 Å². The fraction of sp³-hybridized carbons (Fsp3) is 0.538. The molecule has 1 heterocycles. The lowest BCUT2D eigenvalue weighted by molar-refractivity contribution is 0.226. The normalized spacial score (nSPS) is 26.2. The van der Waals surface area contributed by atoms with Crippen LogP contribution in [0, 0.1) is 5.92 Å². The maximum atomic E-state index is 5.73. The van der Waals surface area contributed by atoms with Crippen LogP contribution in [0.15, 0.2) is 29.2 Å².